The average molecular weight is 882 g/mol. The summed E-state index contributed by atoms with van der Waals surface area (Å²) < 4.78 is 30.0. The van der Waals surface area contributed by atoms with Crippen LogP contribution < -0.4 is 14.8 Å². The first-order valence-corrected chi connectivity index (χ1v) is 21.7. The minimum Gasteiger partial charge on any atom is -0.507 e. The lowest BCUT2D eigenvalue weighted by atomic mass is 9.78. The average Bonchev–Trinajstić information content (AvgIpc) is 3.51. The number of ether oxygens (including phenoxy) is 5. The Morgan fingerprint density at radius 2 is 1.57 bits per heavy atom. The number of aromatic hydroxyl groups is 2. The predicted octanol–water partition coefficient (Wildman–Crippen LogP) is 6.31. The Morgan fingerprint density at radius 3 is 2.16 bits per heavy atom. The quantitative estimate of drug-likeness (QED) is 0.0951. The Morgan fingerprint density at radius 1 is 0.921 bits per heavy atom. The van der Waals surface area contributed by atoms with Crippen molar-refractivity contribution >= 4 is 40.0 Å². The number of phenolic OH excluding ortho intramolecular Hbond substituents is 2. The second-order valence-electron chi connectivity index (χ2n) is 16.8. The van der Waals surface area contributed by atoms with Crippen LogP contribution in [-0.4, -0.2) is 118 Å². The third-order valence-corrected chi connectivity index (χ3v) is 12.1. The van der Waals surface area contributed by atoms with Gasteiger partial charge < -0.3 is 49.4 Å². The van der Waals surface area contributed by atoms with Gasteiger partial charge in [-0.05, 0) is 39.7 Å². The molecule has 5 rings (SSSR count). The summed E-state index contributed by atoms with van der Waals surface area (Å²) in [4.78, 5) is 54.5. The topological polar surface area (TPSA) is 214 Å². The number of fused-ring (bicyclic) bond motifs is 14. The van der Waals surface area contributed by atoms with Crippen LogP contribution in [0.15, 0.2) is 42.2 Å². The SMILES string of the molecule is CCCN(CCC)N(CC)C(=O)COc1cc2c(O)c3c(O)c(C)c4c(c13)C(=O)C(C)(O/C=C/C(OC)C(C)C(OC(C)=O)C(C)C(O)C(C)C(O)C(C)/C=C/C=C(\C)C(=O)N2)O4. The Balaban J connectivity index is 1.94. The van der Waals surface area contributed by atoms with E-state index in [0.717, 1.165) is 12.8 Å². The molecule has 9 atom stereocenters. The Kier molecular flexibility index (Phi) is 17.2. The molecule has 0 saturated carbocycles. The molecule has 16 nitrogen and oxygen atoms in total. The molecule has 3 aliphatic rings. The number of amides is 2. The van der Waals surface area contributed by atoms with Crippen molar-refractivity contribution in [3.8, 4) is 23.0 Å². The summed E-state index contributed by atoms with van der Waals surface area (Å²) in [6, 6.07) is 1.28. The van der Waals surface area contributed by atoms with Crippen molar-refractivity contribution < 1.29 is 63.3 Å². The highest BCUT2D eigenvalue weighted by atomic mass is 16.7. The van der Waals surface area contributed by atoms with Gasteiger partial charge in [0.05, 0.1) is 41.2 Å². The smallest absolute Gasteiger partial charge is 0.312 e. The van der Waals surface area contributed by atoms with E-state index in [9.17, 15) is 39.6 Å². The third kappa shape index (κ3) is 10.8. The molecular weight excluding hydrogens is 815 g/mol. The van der Waals surface area contributed by atoms with Gasteiger partial charge in [-0.3, -0.25) is 24.2 Å². The van der Waals surface area contributed by atoms with Crippen LogP contribution in [0.1, 0.15) is 98.0 Å². The number of hydrogen-bond donors (Lipinski definition) is 5. The van der Waals surface area contributed by atoms with Crippen LogP contribution in [0.2, 0.25) is 0 Å². The number of methoxy groups -OCH3 is 1. The Bertz CT molecular complexity index is 2090. The fourth-order valence-electron chi connectivity index (χ4n) is 8.37. The number of ketones is 1. The molecule has 2 aromatic carbocycles. The van der Waals surface area contributed by atoms with Gasteiger partial charge in [-0.2, -0.15) is 0 Å². The number of allylic oxidation sites excluding steroid dienone is 2. The molecule has 16 heteroatoms. The van der Waals surface area contributed by atoms with Crippen molar-refractivity contribution in [1.82, 2.24) is 10.0 Å². The molecule has 5 bridgehead atoms. The Hall–Kier alpha value is -5.16. The molecule has 0 radical (unpaired) electrons. The molecule has 0 aromatic heterocycles. The lowest BCUT2D eigenvalue weighted by Gasteiger charge is -2.38. The number of aliphatic hydroxyl groups excluding tert-OH is 2. The summed E-state index contributed by atoms with van der Waals surface area (Å²) in [5.74, 6) is -8.08. The number of aliphatic hydroxyl groups is 2. The second-order valence-corrected chi connectivity index (χ2v) is 16.8. The molecule has 0 saturated heterocycles. The number of anilines is 1. The molecule has 3 heterocycles. The highest BCUT2D eigenvalue weighted by molar-refractivity contribution is 6.21. The maximum absolute atomic E-state index is 14.6. The number of likely N-dealkylation sites (N-methyl/N-ethyl adjacent to an activating group) is 1. The number of carbonyl (C=O) groups is 4. The monoisotopic (exact) mass is 881 g/mol. The van der Waals surface area contributed by atoms with Gasteiger partial charge in [-0.1, -0.05) is 59.8 Å². The van der Waals surface area contributed by atoms with Crippen molar-refractivity contribution in [1.29, 1.82) is 0 Å². The third-order valence-electron chi connectivity index (χ3n) is 12.1. The van der Waals surface area contributed by atoms with Crippen molar-refractivity contribution in [3.63, 3.8) is 0 Å². The zero-order valence-electron chi connectivity index (χ0n) is 38.7. The maximum Gasteiger partial charge on any atom is 0.312 e. The van der Waals surface area contributed by atoms with Crippen molar-refractivity contribution in [2.24, 2.45) is 23.7 Å². The molecule has 0 fully saturated rings. The minimum atomic E-state index is -2.04. The van der Waals surface area contributed by atoms with E-state index in [1.54, 1.807) is 44.9 Å². The number of benzene rings is 2. The number of hydrogen-bond acceptors (Lipinski definition) is 14. The molecule has 63 heavy (non-hydrogen) atoms. The first kappa shape index (κ1) is 50.5. The molecular formula is C47H67N3O13. The fraction of sp³-hybridized carbons (Fsp3) is 0.574. The van der Waals surface area contributed by atoms with Gasteiger partial charge in [0.25, 0.3) is 17.6 Å². The number of phenols is 2. The van der Waals surface area contributed by atoms with E-state index in [-0.39, 0.29) is 50.6 Å². The van der Waals surface area contributed by atoms with Gasteiger partial charge in [0.2, 0.25) is 0 Å². The maximum atomic E-state index is 14.6. The van der Waals surface area contributed by atoms with Crippen molar-refractivity contribution in [2.45, 2.75) is 119 Å². The molecule has 348 valence electrons. The van der Waals surface area contributed by atoms with Crippen LogP contribution in [-0.2, 0) is 28.6 Å². The summed E-state index contributed by atoms with van der Waals surface area (Å²) >= 11 is 0. The molecule has 9 unspecified atom stereocenters. The number of nitrogens with one attached hydrogen (secondary N) is 1. The van der Waals surface area contributed by atoms with Crippen LogP contribution in [0.3, 0.4) is 0 Å². The molecule has 5 N–H and O–H groups in total. The summed E-state index contributed by atoms with van der Waals surface area (Å²) in [5, 5.41) is 52.3. The number of nitrogens with zero attached hydrogens (tertiary/aromatic N) is 2. The van der Waals surface area contributed by atoms with Gasteiger partial charge in [0.15, 0.2) is 12.4 Å². The molecule has 0 aliphatic carbocycles. The van der Waals surface area contributed by atoms with Gasteiger partial charge in [-0.15, -0.1) is 0 Å². The zero-order chi connectivity index (χ0) is 47.1. The molecule has 0 spiro atoms. The molecule has 3 aliphatic heterocycles. The first-order chi connectivity index (χ1) is 29.7. The standard InChI is InChI=1S/C47H67N3O13/c1-13-20-49(21-14-2)50(15-3)35(52)24-60-34-23-32-42(56)37-36(34)38-44(30(9)41(37)55)63-47(11,45(38)57)61-22-19-33(59-12)27(6)43(62-31(10)51)29(8)40(54)28(7)39(53)25(4)17-16-18-26(5)46(58)48-32/h16-19,22-23,25,27-29,33,39-40,43,53-56H,13-15,20-21,24H2,1-12H3,(H,48,58)/b17-16+,22-19+,26-18+. The number of esters is 1. The molecule has 2 aromatic rings. The van der Waals surface area contributed by atoms with Crippen LogP contribution >= 0.6 is 0 Å². The van der Waals surface area contributed by atoms with E-state index < -0.39 is 89.6 Å². The minimum absolute atomic E-state index is 0.0588. The summed E-state index contributed by atoms with van der Waals surface area (Å²) in [6.07, 6.45) is 5.20. The number of Topliss-reactive ketones (excluding diaryl/α,β-unsaturated/α-hetero) is 1. The fourth-order valence-corrected chi connectivity index (χ4v) is 8.37. The number of rotatable bonds is 11. The number of carbonyl (C=O) groups excluding carboxylic acids is 4. The van der Waals surface area contributed by atoms with Gasteiger partial charge in [0, 0.05) is 86.9 Å². The summed E-state index contributed by atoms with van der Waals surface area (Å²) in [7, 11) is 1.44. The Labute approximate surface area is 370 Å². The highest BCUT2D eigenvalue weighted by Gasteiger charge is 2.50. The van der Waals surface area contributed by atoms with E-state index in [2.05, 4.69) is 5.32 Å². The van der Waals surface area contributed by atoms with E-state index in [0.29, 0.717) is 19.6 Å². The van der Waals surface area contributed by atoms with Crippen LogP contribution in [0.5, 0.6) is 23.0 Å². The van der Waals surface area contributed by atoms with E-state index in [1.807, 2.05) is 25.8 Å². The van der Waals surface area contributed by atoms with E-state index in [1.165, 1.54) is 59.3 Å². The zero-order valence-corrected chi connectivity index (χ0v) is 38.7. The first-order valence-electron chi connectivity index (χ1n) is 21.7. The van der Waals surface area contributed by atoms with Crippen molar-refractivity contribution in [2.75, 3.05) is 38.7 Å². The summed E-state index contributed by atoms with van der Waals surface area (Å²) in [6.45, 7) is 19.6. The van der Waals surface area contributed by atoms with Crippen LogP contribution in [0.4, 0.5) is 5.69 Å². The normalized spacial score (nSPS) is 28.8. The van der Waals surface area contributed by atoms with E-state index >= 15 is 0 Å². The summed E-state index contributed by atoms with van der Waals surface area (Å²) in [5.41, 5.74) is -0.0142. The van der Waals surface area contributed by atoms with Gasteiger partial charge in [-0.25, -0.2) is 5.01 Å². The number of hydrazine groups is 1. The van der Waals surface area contributed by atoms with Gasteiger partial charge >= 0.3 is 11.8 Å². The van der Waals surface area contributed by atoms with Gasteiger partial charge in [0.1, 0.15) is 23.4 Å². The highest BCUT2D eigenvalue weighted by Crippen LogP contribution is 2.54. The van der Waals surface area contributed by atoms with Crippen LogP contribution in [0.25, 0.3) is 10.8 Å². The van der Waals surface area contributed by atoms with E-state index in [4.69, 9.17) is 23.7 Å². The molecule has 2 amide bonds. The van der Waals surface area contributed by atoms with Crippen molar-refractivity contribution in [3.05, 3.63) is 53.3 Å². The predicted molar refractivity (Wildman–Crippen MR) is 237 cm³/mol. The lowest BCUT2D eigenvalue weighted by molar-refractivity contribution is -0.160. The van der Waals surface area contributed by atoms with Crippen LogP contribution in [0, 0.1) is 30.6 Å². The second kappa shape index (κ2) is 21.5. The largest absolute Gasteiger partial charge is 0.507 e. The lowest BCUT2D eigenvalue weighted by Crippen LogP contribution is -2.48.